The van der Waals surface area contributed by atoms with Crippen LogP contribution >= 0.6 is 11.8 Å². The van der Waals surface area contributed by atoms with Crippen molar-refractivity contribution in [3.05, 3.63) is 30.3 Å². The van der Waals surface area contributed by atoms with Gasteiger partial charge < -0.3 is 5.32 Å². The topological polar surface area (TPSA) is 29.1 Å². The third-order valence-electron chi connectivity index (χ3n) is 2.50. The summed E-state index contributed by atoms with van der Waals surface area (Å²) in [5.74, 6) is 0.919. The van der Waals surface area contributed by atoms with Gasteiger partial charge in [-0.3, -0.25) is 4.79 Å². The molecule has 0 aliphatic carbocycles. The fourth-order valence-electron chi connectivity index (χ4n) is 1.55. The number of nitrogens with one attached hydrogen (secondary N) is 1. The summed E-state index contributed by atoms with van der Waals surface area (Å²) in [6.45, 7) is 2.21. The van der Waals surface area contributed by atoms with Gasteiger partial charge in [-0.25, -0.2) is 0 Å². The lowest BCUT2D eigenvalue weighted by Crippen LogP contribution is -2.05. The van der Waals surface area contributed by atoms with Gasteiger partial charge in [0.1, 0.15) is 0 Å². The minimum atomic E-state index is 0.0479. The van der Waals surface area contributed by atoms with Crippen molar-refractivity contribution < 1.29 is 4.79 Å². The van der Waals surface area contributed by atoms with Crippen LogP contribution in [0.25, 0.3) is 0 Å². The van der Waals surface area contributed by atoms with Crippen molar-refractivity contribution in [1.29, 1.82) is 0 Å². The average Bonchev–Trinajstić information content (AvgIpc) is 2.35. The molecule has 0 heterocycles. The molecule has 0 unspecified atom stereocenters. The Morgan fingerprint density at radius 3 is 2.53 bits per heavy atom. The van der Waals surface area contributed by atoms with E-state index in [9.17, 15) is 4.79 Å². The Kier molecular flexibility index (Phi) is 7.56. The lowest BCUT2D eigenvalue weighted by molar-refractivity contribution is 0.269. The van der Waals surface area contributed by atoms with Crippen LogP contribution in [0.1, 0.15) is 39.0 Å². The van der Waals surface area contributed by atoms with Gasteiger partial charge in [0.25, 0.3) is 5.24 Å². The molecule has 0 aliphatic heterocycles. The summed E-state index contributed by atoms with van der Waals surface area (Å²) in [5.41, 5.74) is 0.871. The maximum Gasteiger partial charge on any atom is 0.283 e. The molecule has 1 N–H and O–H groups in total. The number of rotatable bonds is 7. The first-order chi connectivity index (χ1) is 8.33. The predicted octanol–water partition coefficient (Wildman–Crippen LogP) is 4.92. The third kappa shape index (κ3) is 7.05. The van der Waals surface area contributed by atoms with E-state index >= 15 is 0 Å². The van der Waals surface area contributed by atoms with Gasteiger partial charge in [0, 0.05) is 11.4 Å². The van der Waals surface area contributed by atoms with E-state index in [4.69, 9.17) is 0 Å². The van der Waals surface area contributed by atoms with E-state index < -0.39 is 0 Å². The zero-order chi connectivity index (χ0) is 12.3. The Hall–Kier alpha value is -0.960. The third-order valence-corrected chi connectivity index (χ3v) is 3.36. The molecular formula is C14H21NOS. The summed E-state index contributed by atoms with van der Waals surface area (Å²) in [7, 11) is 0. The largest absolute Gasteiger partial charge is 0.317 e. The van der Waals surface area contributed by atoms with Crippen LogP contribution in [0.4, 0.5) is 10.5 Å². The highest BCUT2D eigenvalue weighted by molar-refractivity contribution is 8.13. The van der Waals surface area contributed by atoms with E-state index in [0.717, 1.165) is 17.9 Å². The highest BCUT2D eigenvalue weighted by Crippen LogP contribution is 2.13. The van der Waals surface area contributed by atoms with Crippen molar-refractivity contribution in [3.8, 4) is 0 Å². The van der Waals surface area contributed by atoms with E-state index in [-0.39, 0.29) is 5.24 Å². The van der Waals surface area contributed by atoms with Crippen LogP contribution in [0.2, 0.25) is 0 Å². The zero-order valence-electron chi connectivity index (χ0n) is 10.4. The minimum absolute atomic E-state index is 0.0479. The second kappa shape index (κ2) is 9.11. The first-order valence-electron chi connectivity index (χ1n) is 6.31. The Morgan fingerprint density at radius 2 is 1.82 bits per heavy atom. The molecule has 1 aromatic rings. The van der Waals surface area contributed by atoms with Crippen molar-refractivity contribution in [2.24, 2.45) is 0 Å². The second-order valence-corrected chi connectivity index (χ2v) is 5.11. The molecule has 0 saturated carbocycles. The SMILES string of the molecule is CCCCCCCSC(=O)Nc1ccccc1. The van der Waals surface area contributed by atoms with Crippen LogP contribution in [0.5, 0.6) is 0 Å². The Labute approximate surface area is 108 Å². The quantitative estimate of drug-likeness (QED) is 0.697. The molecule has 2 nitrogen and oxygen atoms in total. The molecule has 3 heteroatoms. The fourth-order valence-corrected chi connectivity index (χ4v) is 2.27. The van der Waals surface area contributed by atoms with Gasteiger partial charge in [-0.05, 0) is 18.6 Å². The van der Waals surface area contributed by atoms with Crippen LogP contribution in [-0.2, 0) is 0 Å². The number of carbonyl (C=O) groups excluding carboxylic acids is 1. The van der Waals surface area contributed by atoms with E-state index in [1.54, 1.807) is 0 Å². The van der Waals surface area contributed by atoms with E-state index in [2.05, 4.69) is 12.2 Å². The van der Waals surface area contributed by atoms with Crippen molar-refractivity contribution in [2.75, 3.05) is 11.1 Å². The smallest absolute Gasteiger partial charge is 0.283 e. The summed E-state index contributed by atoms with van der Waals surface area (Å²) < 4.78 is 0. The number of anilines is 1. The number of unbranched alkanes of at least 4 members (excludes halogenated alkanes) is 4. The van der Waals surface area contributed by atoms with E-state index in [1.807, 2.05) is 30.3 Å². The highest BCUT2D eigenvalue weighted by Gasteiger charge is 2.01. The van der Waals surface area contributed by atoms with Crippen molar-refractivity contribution in [2.45, 2.75) is 39.0 Å². The minimum Gasteiger partial charge on any atom is -0.317 e. The maximum atomic E-state index is 11.6. The van der Waals surface area contributed by atoms with Crippen LogP contribution in [0.15, 0.2) is 30.3 Å². The molecule has 0 aliphatic rings. The van der Waals surface area contributed by atoms with Crippen molar-refractivity contribution >= 4 is 22.7 Å². The first-order valence-corrected chi connectivity index (χ1v) is 7.30. The summed E-state index contributed by atoms with van der Waals surface area (Å²) in [6, 6.07) is 9.59. The molecule has 0 bridgehead atoms. The van der Waals surface area contributed by atoms with Crippen LogP contribution in [0.3, 0.4) is 0 Å². The van der Waals surface area contributed by atoms with Gasteiger partial charge in [0.2, 0.25) is 0 Å². The normalized spacial score (nSPS) is 10.2. The zero-order valence-corrected chi connectivity index (χ0v) is 11.3. The monoisotopic (exact) mass is 251 g/mol. The summed E-state index contributed by atoms with van der Waals surface area (Å²) in [4.78, 5) is 11.6. The number of para-hydroxylation sites is 1. The summed E-state index contributed by atoms with van der Waals surface area (Å²) in [5, 5.41) is 2.92. The van der Waals surface area contributed by atoms with Gasteiger partial charge in [-0.15, -0.1) is 0 Å². The molecule has 0 aromatic heterocycles. The van der Waals surface area contributed by atoms with Gasteiger partial charge in [-0.1, -0.05) is 62.6 Å². The van der Waals surface area contributed by atoms with Gasteiger partial charge in [0.05, 0.1) is 0 Å². The van der Waals surface area contributed by atoms with Crippen LogP contribution in [0, 0.1) is 0 Å². The Balaban J connectivity index is 2.06. The molecular weight excluding hydrogens is 230 g/mol. The molecule has 0 spiro atoms. The number of amides is 1. The molecule has 1 rings (SSSR count). The van der Waals surface area contributed by atoms with Crippen LogP contribution < -0.4 is 5.32 Å². The average molecular weight is 251 g/mol. The Morgan fingerprint density at radius 1 is 1.12 bits per heavy atom. The van der Waals surface area contributed by atoms with Crippen molar-refractivity contribution in [1.82, 2.24) is 0 Å². The fraction of sp³-hybridized carbons (Fsp3) is 0.500. The number of hydrogen-bond donors (Lipinski definition) is 1. The number of hydrogen-bond acceptors (Lipinski definition) is 2. The Bertz CT molecular complexity index is 313. The van der Waals surface area contributed by atoms with Gasteiger partial charge in [-0.2, -0.15) is 0 Å². The van der Waals surface area contributed by atoms with E-state index in [1.165, 1.54) is 37.4 Å². The molecule has 0 atom stereocenters. The summed E-state index contributed by atoms with van der Waals surface area (Å²) in [6.07, 6.45) is 6.23. The van der Waals surface area contributed by atoms with E-state index in [0.29, 0.717) is 0 Å². The number of benzene rings is 1. The second-order valence-electron chi connectivity index (χ2n) is 4.04. The highest BCUT2D eigenvalue weighted by atomic mass is 32.2. The molecule has 0 fully saturated rings. The van der Waals surface area contributed by atoms with Crippen molar-refractivity contribution in [3.63, 3.8) is 0 Å². The molecule has 17 heavy (non-hydrogen) atoms. The maximum absolute atomic E-state index is 11.6. The van der Waals surface area contributed by atoms with Crippen LogP contribution in [-0.4, -0.2) is 11.0 Å². The van der Waals surface area contributed by atoms with Gasteiger partial charge in [0.15, 0.2) is 0 Å². The standard InChI is InChI=1S/C14H21NOS/c1-2-3-4-5-9-12-17-14(16)15-13-10-7-6-8-11-13/h6-8,10-11H,2-5,9,12H2,1H3,(H,15,16). The van der Waals surface area contributed by atoms with Gasteiger partial charge >= 0.3 is 0 Å². The number of thioether (sulfide) groups is 1. The first kappa shape index (κ1) is 14.1. The molecule has 0 radical (unpaired) electrons. The lowest BCUT2D eigenvalue weighted by atomic mass is 10.2. The molecule has 0 saturated heterocycles. The molecule has 1 aromatic carbocycles. The number of carbonyl (C=O) groups is 1. The molecule has 94 valence electrons. The predicted molar refractivity (Wildman–Crippen MR) is 76.7 cm³/mol. The summed E-state index contributed by atoms with van der Waals surface area (Å²) >= 11 is 1.38. The lowest BCUT2D eigenvalue weighted by Gasteiger charge is -2.04. The molecule has 1 amide bonds.